The number of nitrogens with zero attached hydrogens (tertiary/aromatic N) is 1. The summed E-state index contributed by atoms with van der Waals surface area (Å²) in [4.78, 5) is 12.1. The Labute approximate surface area is 128 Å². The van der Waals surface area contributed by atoms with Crippen molar-refractivity contribution in [1.29, 1.82) is 5.26 Å². The maximum Gasteiger partial charge on any atom is 0.228 e. The van der Waals surface area contributed by atoms with E-state index < -0.39 is 0 Å². The summed E-state index contributed by atoms with van der Waals surface area (Å²) in [6.07, 6.45) is 0.230. The Morgan fingerprint density at radius 3 is 2.77 bits per heavy atom. The van der Waals surface area contributed by atoms with Crippen molar-refractivity contribution in [1.82, 2.24) is 0 Å². The fourth-order valence-electron chi connectivity index (χ4n) is 2.25. The molecule has 1 heterocycles. The second-order valence-electron chi connectivity index (χ2n) is 4.90. The highest BCUT2D eigenvalue weighted by Gasteiger charge is 2.13. The van der Waals surface area contributed by atoms with Gasteiger partial charge in [0, 0.05) is 5.69 Å². The van der Waals surface area contributed by atoms with Crippen molar-refractivity contribution in [2.75, 3.05) is 18.5 Å². The Hall–Kier alpha value is -3.00. The van der Waals surface area contributed by atoms with E-state index in [1.165, 1.54) is 0 Å². The third-order valence-corrected chi connectivity index (χ3v) is 3.25. The van der Waals surface area contributed by atoms with Crippen LogP contribution in [0.15, 0.2) is 42.5 Å². The molecule has 5 nitrogen and oxygen atoms in total. The molecule has 2 aromatic rings. The molecule has 0 spiro atoms. The van der Waals surface area contributed by atoms with Crippen LogP contribution in [0.2, 0.25) is 0 Å². The van der Waals surface area contributed by atoms with E-state index in [1.54, 1.807) is 24.3 Å². The molecular weight excluding hydrogens is 280 g/mol. The first-order valence-corrected chi connectivity index (χ1v) is 6.93. The van der Waals surface area contributed by atoms with Gasteiger partial charge in [-0.3, -0.25) is 4.79 Å². The normalized spacial score (nSPS) is 12.3. The Morgan fingerprint density at radius 2 is 1.95 bits per heavy atom. The molecule has 1 aliphatic heterocycles. The number of nitrogens with one attached hydrogen (secondary N) is 1. The maximum atomic E-state index is 12.1. The second-order valence-corrected chi connectivity index (χ2v) is 4.90. The number of hydrogen-bond donors (Lipinski definition) is 1. The summed E-state index contributed by atoms with van der Waals surface area (Å²) in [6, 6.07) is 14.3. The van der Waals surface area contributed by atoms with Crippen molar-refractivity contribution in [2.24, 2.45) is 0 Å². The lowest BCUT2D eigenvalue weighted by molar-refractivity contribution is -0.115. The van der Waals surface area contributed by atoms with Crippen LogP contribution >= 0.6 is 0 Å². The van der Waals surface area contributed by atoms with Crippen LogP contribution in [0.25, 0.3) is 0 Å². The summed E-state index contributed by atoms with van der Waals surface area (Å²) in [5, 5.41) is 11.6. The lowest BCUT2D eigenvalue weighted by atomic mass is 10.1. The van der Waals surface area contributed by atoms with Gasteiger partial charge in [0.15, 0.2) is 11.5 Å². The van der Waals surface area contributed by atoms with Crippen LogP contribution in [0.1, 0.15) is 11.1 Å². The average molecular weight is 294 g/mol. The molecule has 0 unspecified atom stereocenters. The largest absolute Gasteiger partial charge is 0.486 e. The second kappa shape index (κ2) is 6.19. The highest BCUT2D eigenvalue weighted by atomic mass is 16.6. The number of fused-ring (bicyclic) bond motifs is 1. The fourth-order valence-corrected chi connectivity index (χ4v) is 2.25. The fraction of sp³-hybridized carbons (Fsp3) is 0.176. The van der Waals surface area contributed by atoms with E-state index in [-0.39, 0.29) is 12.3 Å². The van der Waals surface area contributed by atoms with Crippen molar-refractivity contribution in [3.8, 4) is 17.6 Å². The summed E-state index contributed by atoms with van der Waals surface area (Å²) >= 11 is 0. The smallest absolute Gasteiger partial charge is 0.228 e. The molecule has 0 saturated heterocycles. The van der Waals surface area contributed by atoms with Gasteiger partial charge in [-0.05, 0) is 35.9 Å². The van der Waals surface area contributed by atoms with Crippen LogP contribution in [0.3, 0.4) is 0 Å². The predicted molar refractivity (Wildman–Crippen MR) is 80.9 cm³/mol. The minimum atomic E-state index is -0.147. The van der Waals surface area contributed by atoms with E-state index in [0.29, 0.717) is 36.0 Å². The highest BCUT2D eigenvalue weighted by Crippen LogP contribution is 2.30. The van der Waals surface area contributed by atoms with E-state index in [4.69, 9.17) is 14.7 Å². The molecule has 1 N–H and O–H groups in total. The standard InChI is InChI=1S/C17H14N2O3/c18-11-13-2-1-3-14(8-13)19-17(20)10-12-4-5-15-16(9-12)22-7-6-21-15/h1-5,8-9H,6-7,10H2,(H,19,20). The third kappa shape index (κ3) is 3.18. The van der Waals surface area contributed by atoms with Gasteiger partial charge in [0.25, 0.3) is 0 Å². The van der Waals surface area contributed by atoms with Crippen LogP contribution in [-0.4, -0.2) is 19.1 Å². The molecule has 3 rings (SSSR count). The zero-order valence-electron chi connectivity index (χ0n) is 11.8. The molecule has 0 bridgehead atoms. The first kappa shape index (κ1) is 14.0. The van der Waals surface area contributed by atoms with Crippen molar-refractivity contribution >= 4 is 11.6 Å². The van der Waals surface area contributed by atoms with Crippen LogP contribution < -0.4 is 14.8 Å². The molecule has 22 heavy (non-hydrogen) atoms. The summed E-state index contributed by atoms with van der Waals surface area (Å²) in [5.41, 5.74) is 1.97. The monoisotopic (exact) mass is 294 g/mol. The number of carbonyl (C=O) groups is 1. The predicted octanol–water partition coefficient (Wildman–Crippen LogP) is 2.51. The molecule has 0 aliphatic carbocycles. The molecule has 110 valence electrons. The Bertz CT molecular complexity index is 750. The molecule has 2 aromatic carbocycles. The molecule has 0 atom stereocenters. The van der Waals surface area contributed by atoms with Gasteiger partial charge in [0.1, 0.15) is 13.2 Å². The third-order valence-electron chi connectivity index (χ3n) is 3.25. The topological polar surface area (TPSA) is 71.4 Å². The first-order valence-electron chi connectivity index (χ1n) is 6.93. The van der Waals surface area contributed by atoms with Crippen LogP contribution in [0.4, 0.5) is 5.69 Å². The van der Waals surface area contributed by atoms with Crippen molar-refractivity contribution in [3.05, 3.63) is 53.6 Å². The molecule has 1 aliphatic rings. The van der Waals surface area contributed by atoms with E-state index in [1.807, 2.05) is 24.3 Å². The minimum absolute atomic E-state index is 0.147. The molecule has 0 saturated carbocycles. The molecule has 0 fully saturated rings. The van der Waals surface area contributed by atoms with Crippen LogP contribution in [-0.2, 0) is 11.2 Å². The molecule has 5 heteroatoms. The molecule has 0 aromatic heterocycles. The van der Waals surface area contributed by atoms with Gasteiger partial charge in [0.05, 0.1) is 18.1 Å². The van der Waals surface area contributed by atoms with Gasteiger partial charge in [-0.25, -0.2) is 0 Å². The average Bonchev–Trinajstić information content (AvgIpc) is 2.55. The number of ether oxygens (including phenoxy) is 2. The lowest BCUT2D eigenvalue weighted by Crippen LogP contribution is -2.17. The van der Waals surface area contributed by atoms with Crippen LogP contribution in [0, 0.1) is 11.3 Å². The summed E-state index contributed by atoms with van der Waals surface area (Å²) in [5.74, 6) is 1.23. The summed E-state index contributed by atoms with van der Waals surface area (Å²) in [6.45, 7) is 1.06. The van der Waals surface area contributed by atoms with Gasteiger partial charge >= 0.3 is 0 Å². The zero-order chi connectivity index (χ0) is 15.4. The van der Waals surface area contributed by atoms with Crippen molar-refractivity contribution in [3.63, 3.8) is 0 Å². The number of nitriles is 1. The van der Waals surface area contributed by atoms with Gasteiger partial charge in [-0.2, -0.15) is 5.26 Å². The van der Waals surface area contributed by atoms with Crippen molar-refractivity contribution in [2.45, 2.75) is 6.42 Å². The molecular formula is C17H14N2O3. The number of benzene rings is 2. The van der Waals surface area contributed by atoms with Gasteiger partial charge < -0.3 is 14.8 Å². The molecule has 1 amide bonds. The molecule has 0 radical (unpaired) electrons. The maximum absolute atomic E-state index is 12.1. The van der Waals surface area contributed by atoms with E-state index in [9.17, 15) is 4.79 Å². The summed E-state index contributed by atoms with van der Waals surface area (Å²) < 4.78 is 10.9. The van der Waals surface area contributed by atoms with Gasteiger partial charge in [0.2, 0.25) is 5.91 Å². The number of carbonyl (C=O) groups excluding carboxylic acids is 1. The van der Waals surface area contributed by atoms with E-state index in [2.05, 4.69) is 5.32 Å². The first-order chi connectivity index (χ1) is 10.7. The number of hydrogen-bond acceptors (Lipinski definition) is 4. The van der Waals surface area contributed by atoms with Gasteiger partial charge in [-0.15, -0.1) is 0 Å². The Kier molecular flexibility index (Phi) is 3.92. The summed E-state index contributed by atoms with van der Waals surface area (Å²) in [7, 11) is 0. The number of amides is 1. The Balaban J connectivity index is 1.68. The lowest BCUT2D eigenvalue weighted by Gasteiger charge is -2.18. The number of rotatable bonds is 3. The quantitative estimate of drug-likeness (QED) is 0.944. The Morgan fingerprint density at radius 1 is 1.14 bits per heavy atom. The zero-order valence-corrected chi connectivity index (χ0v) is 11.8. The van der Waals surface area contributed by atoms with Gasteiger partial charge in [-0.1, -0.05) is 12.1 Å². The van der Waals surface area contributed by atoms with Crippen molar-refractivity contribution < 1.29 is 14.3 Å². The minimum Gasteiger partial charge on any atom is -0.486 e. The van der Waals surface area contributed by atoms with E-state index in [0.717, 1.165) is 5.56 Å². The SMILES string of the molecule is N#Cc1cccc(NC(=O)Cc2ccc3c(c2)OCCO3)c1. The van der Waals surface area contributed by atoms with E-state index >= 15 is 0 Å². The number of anilines is 1. The van der Waals surface area contributed by atoms with Crippen LogP contribution in [0.5, 0.6) is 11.5 Å². The highest BCUT2D eigenvalue weighted by molar-refractivity contribution is 5.92.